The molecule has 0 spiro atoms. The third-order valence-corrected chi connectivity index (χ3v) is 3.16. The van der Waals surface area contributed by atoms with Crippen LogP contribution < -0.4 is 5.73 Å². The number of aliphatic carboxylic acids is 1. The molecular formula is C14H18N2O3. The minimum absolute atomic E-state index is 0.153. The summed E-state index contributed by atoms with van der Waals surface area (Å²) < 4.78 is 0. The molecule has 0 aliphatic heterocycles. The molecule has 102 valence electrons. The maximum absolute atomic E-state index is 12.1. The van der Waals surface area contributed by atoms with E-state index in [4.69, 9.17) is 10.8 Å². The number of hydrogen-bond donors (Lipinski definition) is 2. The Labute approximate surface area is 112 Å². The lowest BCUT2D eigenvalue weighted by Gasteiger charge is -2.20. The third-order valence-electron chi connectivity index (χ3n) is 3.16. The Morgan fingerprint density at radius 2 is 2.11 bits per heavy atom. The molecule has 1 fully saturated rings. The van der Waals surface area contributed by atoms with E-state index < -0.39 is 5.97 Å². The van der Waals surface area contributed by atoms with Gasteiger partial charge >= 0.3 is 5.97 Å². The highest BCUT2D eigenvalue weighted by Crippen LogP contribution is 2.29. The molecule has 1 saturated carbocycles. The molecule has 5 heteroatoms. The molecule has 2 rings (SSSR count). The lowest BCUT2D eigenvalue weighted by atomic mass is 10.1. The second-order valence-electron chi connectivity index (χ2n) is 5.03. The molecule has 19 heavy (non-hydrogen) atoms. The number of rotatable bonds is 6. The summed E-state index contributed by atoms with van der Waals surface area (Å²) in [5.74, 6) is -0.648. The normalized spacial score (nSPS) is 14.1. The summed E-state index contributed by atoms with van der Waals surface area (Å²) in [5, 5.41) is 8.86. The molecule has 0 unspecified atom stereocenters. The highest BCUT2D eigenvalue weighted by Gasteiger charge is 2.27. The number of nitrogen functional groups attached to an aromatic ring is 1. The van der Waals surface area contributed by atoms with Crippen molar-refractivity contribution in [2.24, 2.45) is 5.92 Å². The van der Waals surface area contributed by atoms with Crippen LogP contribution in [0.15, 0.2) is 24.3 Å². The highest BCUT2D eigenvalue weighted by molar-refractivity contribution is 5.83. The molecule has 3 N–H and O–H groups in total. The van der Waals surface area contributed by atoms with E-state index >= 15 is 0 Å². The number of nitrogens with two attached hydrogens (primary N) is 1. The zero-order valence-corrected chi connectivity index (χ0v) is 10.7. The topological polar surface area (TPSA) is 83.6 Å². The molecule has 0 bridgehead atoms. The van der Waals surface area contributed by atoms with Crippen molar-refractivity contribution in [3.8, 4) is 0 Å². The molecule has 1 aliphatic rings. The van der Waals surface area contributed by atoms with Crippen molar-refractivity contribution in [3.63, 3.8) is 0 Å². The van der Waals surface area contributed by atoms with Gasteiger partial charge in [-0.05, 0) is 36.5 Å². The van der Waals surface area contributed by atoms with Crippen LogP contribution in [0.25, 0.3) is 0 Å². The zero-order valence-electron chi connectivity index (χ0n) is 10.7. The molecule has 5 nitrogen and oxygen atoms in total. The first-order chi connectivity index (χ1) is 9.04. The first-order valence-corrected chi connectivity index (χ1v) is 6.38. The first-order valence-electron chi connectivity index (χ1n) is 6.38. The number of anilines is 1. The third kappa shape index (κ3) is 4.28. The lowest BCUT2D eigenvalue weighted by Crippen LogP contribution is -2.38. The van der Waals surface area contributed by atoms with Gasteiger partial charge in [-0.3, -0.25) is 9.59 Å². The van der Waals surface area contributed by atoms with Crippen LogP contribution in [0.4, 0.5) is 5.69 Å². The smallest absolute Gasteiger partial charge is 0.323 e. The Balaban J connectivity index is 1.99. The summed E-state index contributed by atoms with van der Waals surface area (Å²) in [6.07, 6.45) is 2.37. The van der Waals surface area contributed by atoms with Crippen molar-refractivity contribution in [3.05, 3.63) is 29.8 Å². The van der Waals surface area contributed by atoms with Gasteiger partial charge in [0, 0.05) is 12.2 Å². The lowest BCUT2D eigenvalue weighted by molar-refractivity contribution is -0.144. The fourth-order valence-corrected chi connectivity index (χ4v) is 2.02. The zero-order chi connectivity index (χ0) is 13.8. The SMILES string of the molecule is Nc1cccc(CC(=O)N(CC(=O)O)CC2CC2)c1. The van der Waals surface area contributed by atoms with Crippen molar-refractivity contribution < 1.29 is 14.7 Å². The minimum Gasteiger partial charge on any atom is -0.480 e. The molecule has 1 aliphatic carbocycles. The van der Waals surface area contributed by atoms with Crippen LogP contribution in [-0.4, -0.2) is 35.0 Å². The van der Waals surface area contributed by atoms with E-state index in [9.17, 15) is 9.59 Å². The van der Waals surface area contributed by atoms with E-state index in [1.54, 1.807) is 18.2 Å². The van der Waals surface area contributed by atoms with Crippen LogP contribution in [0, 0.1) is 5.92 Å². The van der Waals surface area contributed by atoms with Crippen molar-refractivity contribution in [1.29, 1.82) is 0 Å². The van der Waals surface area contributed by atoms with Crippen molar-refractivity contribution in [2.75, 3.05) is 18.8 Å². The van der Waals surface area contributed by atoms with Gasteiger partial charge in [-0.15, -0.1) is 0 Å². The largest absolute Gasteiger partial charge is 0.480 e. The Bertz CT molecular complexity index is 483. The van der Waals surface area contributed by atoms with Gasteiger partial charge in [0.1, 0.15) is 6.54 Å². The fourth-order valence-electron chi connectivity index (χ4n) is 2.02. The average Bonchev–Trinajstić information content (AvgIpc) is 3.11. The van der Waals surface area contributed by atoms with Gasteiger partial charge in [-0.2, -0.15) is 0 Å². The number of carboxylic acid groups (broad SMARTS) is 1. The number of amides is 1. The molecule has 0 heterocycles. The maximum atomic E-state index is 12.1. The van der Waals surface area contributed by atoms with Crippen molar-refractivity contribution >= 4 is 17.6 Å². The van der Waals surface area contributed by atoms with Gasteiger partial charge < -0.3 is 15.7 Å². The molecule has 0 saturated heterocycles. The van der Waals surface area contributed by atoms with Crippen LogP contribution >= 0.6 is 0 Å². The van der Waals surface area contributed by atoms with Gasteiger partial charge in [-0.1, -0.05) is 12.1 Å². The van der Waals surface area contributed by atoms with Crippen molar-refractivity contribution in [1.82, 2.24) is 4.90 Å². The van der Waals surface area contributed by atoms with Crippen LogP contribution in [0.3, 0.4) is 0 Å². The molecule has 0 atom stereocenters. The number of carbonyl (C=O) groups excluding carboxylic acids is 1. The number of benzene rings is 1. The number of hydrogen-bond acceptors (Lipinski definition) is 3. The van der Waals surface area contributed by atoms with E-state index in [2.05, 4.69) is 0 Å². The second-order valence-corrected chi connectivity index (χ2v) is 5.03. The summed E-state index contributed by atoms with van der Waals surface area (Å²) in [7, 11) is 0. The Morgan fingerprint density at radius 1 is 1.37 bits per heavy atom. The number of nitrogens with zero attached hydrogens (tertiary/aromatic N) is 1. The fraction of sp³-hybridized carbons (Fsp3) is 0.429. The van der Waals surface area contributed by atoms with E-state index in [-0.39, 0.29) is 18.9 Å². The summed E-state index contributed by atoms with van der Waals surface area (Å²) in [6.45, 7) is 0.325. The van der Waals surface area contributed by atoms with E-state index in [1.165, 1.54) is 4.90 Å². The van der Waals surface area contributed by atoms with Gasteiger partial charge in [0.25, 0.3) is 0 Å². The van der Waals surface area contributed by atoms with E-state index in [0.29, 0.717) is 18.2 Å². The van der Waals surface area contributed by atoms with Crippen molar-refractivity contribution in [2.45, 2.75) is 19.3 Å². The number of carboxylic acids is 1. The molecule has 1 aromatic rings. The first kappa shape index (κ1) is 13.4. The quantitative estimate of drug-likeness (QED) is 0.753. The summed E-state index contributed by atoms with van der Waals surface area (Å²) in [5.41, 5.74) is 7.09. The predicted molar refractivity (Wildman–Crippen MR) is 71.5 cm³/mol. The Hall–Kier alpha value is -2.04. The monoisotopic (exact) mass is 262 g/mol. The van der Waals surface area contributed by atoms with Gasteiger partial charge in [0.15, 0.2) is 0 Å². The van der Waals surface area contributed by atoms with Crippen LogP contribution in [-0.2, 0) is 16.0 Å². The standard InChI is InChI=1S/C14H18N2O3/c15-12-3-1-2-11(6-12)7-13(17)16(9-14(18)19)8-10-4-5-10/h1-3,6,10H,4-5,7-9,15H2,(H,18,19). The minimum atomic E-state index is -0.971. The van der Waals surface area contributed by atoms with Gasteiger partial charge in [0.2, 0.25) is 5.91 Å². The molecule has 1 aromatic carbocycles. The summed E-state index contributed by atoms with van der Waals surface area (Å²) in [6, 6.07) is 7.12. The summed E-state index contributed by atoms with van der Waals surface area (Å²) in [4.78, 5) is 24.4. The number of carbonyl (C=O) groups is 2. The van der Waals surface area contributed by atoms with E-state index in [1.807, 2.05) is 6.07 Å². The molecule has 0 aromatic heterocycles. The van der Waals surface area contributed by atoms with Crippen LogP contribution in [0.2, 0.25) is 0 Å². The predicted octanol–water partition coefficient (Wildman–Crippen LogP) is 1.13. The van der Waals surface area contributed by atoms with Gasteiger partial charge in [-0.25, -0.2) is 0 Å². The maximum Gasteiger partial charge on any atom is 0.323 e. The second kappa shape index (κ2) is 5.73. The van der Waals surface area contributed by atoms with Crippen LogP contribution in [0.5, 0.6) is 0 Å². The van der Waals surface area contributed by atoms with E-state index in [0.717, 1.165) is 18.4 Å². The highest BCUT2D eigenvalue weighted by atomic mass is 16.4. The average molecular weight is 262 g/mol. The van der Waals surface area contributed by atoms with Crippen LogP contribution in [0.1, 0.15) is 18.4 Å². The summed E-state index contributed by atoms with van der Waals surface area (Å²) >= 11 is 0. The molecule has 0 radical (unpaired) electrons. The molecular weight excluding hydrogens is 244 g/mol. The van der Waals surface area contributed by atoms with Gasteiger partial charge in [0.05, 0.1) is 6.42 Å². The Kier molecular flexibility index (Phi) is 4.04. The Morgan fingerprint density at radius 3 is 2.68 bits per heavy atom. The molecule has 1 amide bonds.